The molecule has 0 atom stereocenters. The van der Waals surface area contributed by atoms with Gasteiger partial charge in [-0.1, -0.05) is 11.6 Å². The second-order valence-corrected chi connectivity index (χ2v) is 4.40. The Labute approximate surface area is 94.2 Å². The fourth-order valence-corrected chi connectivity index (χ4v) is 2.33. The van der Waals surface area contributed by atoms with Crippen LogP contribution in [0.15, 0.2) is 16.5 Å². The van der Waals surface area contributed by atoms with E-state index in [-0.39, 0.29) is 22.7 Å². The van der Waals surface area contributed by atoms with E-state index in [1.165, 1.54) is 7.11 Å². The molecule has 88 valence electrons. The van der Waals surface area contributed by atoms with Gasteiger partial charge in [0.25, 0.3) is 5.91 Å². The molecule has 1 fully saturated rings. The highest BCUT2D eigenvalue weighted by atomic mass is 16.6. The molecule has 1 aliphatic heterocycles. The van der Waals surface area contributed by atoms with Gasteiger partial charge in [0.15, 0.2) is 0 Å². The van der Waals surface area contributed by atoms with Crippen molar-refractivity contribution in [3.05, 3.63) is 11.3 Å². The molecule has 0 unspecified atom stereocenters. The number of hydrogen-bond acceptors (Lipinski definition) is 4. The number of carbonyl (C=O) groups is 1. The van der Waals surface area contributed by atoms with Gasteiger partial charge in [-0.05, 0) is 19.8 Å². The molecule has 2 aliphatic rings. The lowest BCUT2D eigenvalue weighted by Crippen LogP contribution is -2.50. The second-order valence-electron chi connectivity index (χ2n) is 4.40. The van der Waals surface area contributed by atoms with Crippen molar-refractivity contribution in [3.63, 3.8) is 0 Å². The molecule has 0 aromatic carbocycles. The fourth-order valence-electron chi connectivity index (χ4n) is 2.33. The molecule has 16 heavy (non-hydrogen) atoms. The van der Waals surface area contributed by atoms with Crippen LogP contribution in [0, 0.1) is 5.41 Å². The molecule has 0 saturated heterocycles. The van der Waals surface area contributed by atoms with E-state index in [0.29, 0.717) is 12.3 Å². The third-order valence-electron chi connectivity index (χ3n) is 3.45. The molecule has 5 nitrogen and oxygen atoms in total. The summed E-state index contributed by atoms with van der Waals surface area (Å²) in [5, 5.41) is 16.7. The number of aliphatic hydroxyl groups excluding tert-OH is 1. The van der Waals surface area contributed by atoms with Crippen LogP contribution < -0.4 is 5.32 Å². The number of carbonyl (C=O) groups excluding carboxylic acids is 1. The van der Waals surface area contributed by atoms with Crippen LogP contribution in [-0.4, -0.2) is 30.4 Å². The predicted molar refractivity (Wildman–Crippen MR) is 59.1 cm³/mol. The third-order valence-corrected chi connectivity index (χ3v) is 3.45. The number of aliphatic hydroxyl groups is 1. The Kier molecular flexibility index (Phi) is 2.61. The fraction of sp³-hybridized carbons (Fsp3) is 0.636. The molecule has 0 bridgehead atoms. The molecule has 1 amide bonds. The first-order valence-electron chi connectivity index (χ1n) is 5.41. The maximum absolute atomic E-state index is 11.7. The topological polar surface area (TPSA) is 70.9 Å². The number of nitrogens with zero attached hydrogens (tertiary/aromatic N) is 1. The van der Waals surface area contributed by atoms with E-state index in [9.17, 15) is 9.90 Å². The van der Waals surface area contributed by atoms with Gasteiger partial charge in [0, 0.05) is 12.0 Å². The van der Waals surface area contributed by atoms with Gasteiger partial charge in [-0.3, -0.25) is 4.79 Å². The lowest BCUT2D eigenvalue weighted by Gasteiger charge is -2.44. The van der Waals surface area contributed by atoms with Crippen molar-refractivity contribution in [2.24, 2.45) is 10.6 Å². The summed E-state index contributed by atoms with van der Waals surface area (Å²) in [6, 6.07) is 0. The Balaban J connectivity index is 2.41. The van der Waals surface area contributed by atoms with Crippen LogP contribution in [0.3, 0.4) is 0 Å². The molecule has 1 saturated carbocycles. The molecule has 1 aliphatic carbocycles. The number of rotatable bonds is 2. The minimum absolute atomic E-state index is 0.181. The molecule has 5 heteroatoms. The standard InChI is InChI=1S/C11H16N2O3/c1-7(13-16-2)8-9(14)11(4-3-5-11)6-12-10(8)15/h14H,3-6H2,1-2H3,(H,12,15). The van der Waals surface area contributed by atoms with E-state index in [1.807, 2.05) is 0 Å². The highest BCUT2D eigenvalue weighted by Gasteiger charge is 2.46. The van der Waals surface area contributed by atoms with Gasteiger partial charge in [0.1, 0.15) is 18.4 Å². The Hall–Kier alpha value is -1.52. The summed E-state index contributed by atoms with van der Waals surface area (Å²) in [6.07, 6.45) is 2.93. The van der Waals surface area contributed by atoms with E-state index in [0.717, 1.165) is 19.3 Å². The third kappa shape index (κ3) is 1.47. The number of amides is 1. The van der Waals surface area contributed by atoms with Crippen LogP contribution in [0.5, 0.6) is 0 Å². The maximum atomic E-state index is 11.7. The normalized spacial score (nSPS) is 24.1. The molecule has 0 aromatic rings. The van der Waals surface area contributed by atoms with Crippen LogP contribution in [0.2, 0.25) is 0 Å². The van der Waals surface area contributed by atoms with Crippen molar-refractivity contribution in [2.45, 2.75) is 26.2 Å². The molecule has 0 aromatic heterocycles. The van der Waals surface area contributed by atoms with Gasteiger partial charge < -0.3 is 15.3 Å². The van der Waals surface area contributed by atoms with E-state index >= 15 is 0 Å². The van der Waals surface area contributed by atoms with Crippen molar-refractivity contribution in [3.8, 4) is 0 Å². The maximum Gasteiger partial charge on any atom is 0.256 e. The van der Waals surface area contributed by atoms with Crippen molar-refractivity contribution in [1.82, 2.24) is 5.32 Å². The summed E-state index contributed by atoms with van der Waals surface area (Å²) >= 11 is 0. The number of hydrogen-bond donors (Lipinski definition) is 2. The molecule has 1 heterocycles. The molecule has 2 N–H and O–H groups in total. The summed E-state index contributed by atoms with van der Waals surface area (Å²) in [5.41, 5.74) is 0.449. The van der Waals surface area contributed by atoms with Gasteiger partial charge >= 0.3 is 0 Å². The van der Waals surface area contributed by atoms with Crippen molar-refractivity contribution in [1.29, 1.82) is 0 Å². The molecular formula is C11H16N2O3. The lowest BCUT2D eigenvalue weighted by molar-refractivity contribution is -0.119. The zero-order valence-corrected chi connectivity index (χ0v) is 9.54. The minimum atomic E-state index is -0.270. The second kappa shape index (κ2) is 3.81. The smallest absolute Gasteiger partial charge is 0.256 e. The Morgan fingerprint density at radius 3 is 2.75 bits per heavy atom. The van der Waals surface area contributed by atoms with Crippen LogP contribution in [0.4, 0.5) is 0 Å². The molecule has 2 rings (SSSR count). The van der Waals surface area contributed by atoms with Crippen LogP contribution >= 0.6 is 0 Å². The van der Waals surface area contributed by atoms with E-state index < -0.39 is 0 Å². The molecule has 1 spiro atoms. The van der Waals surface area contributed by atoms with Gasteiger partial charge in [0.05, 0.1) is 5.71 Å². The number of oxime groups is 1. The summed E-state index contributed by atoms with van der Waals surface area (Å²) in [5.74, 6) is -0.0888. The average Bonchev–Trinajstić information content (AvgIpc) is 2.16. The highest BCUT2D eigenvalue weighted by Crippen LogP contribution is 2.48. The first kappa shape index (κ1) is 11.0. The average molecular weight is 224 g/mol. The predicted octanol–water partition coefficient (Wildman–Crippen LogP) is 1.12. The van der Waals surface area contributed by atoms with Crippen molar-refractivity contribution >= 4 is 11.6 Å². The molecule has 0 radical (unpaired) electrons. The van der Waals surface area contributed by atoms with Crippen molar-refractivity contribution < 1.29 is 14.7 Å². The zero-order valence-electron chi connectivity index (χ0n) is 9.54. The molecular weight excluding hydrogens is 208 g/mol. The Morgan fingerprint density at radius 2 is 2.25 bits per heavy atom. The van der Waals surface area contributed by atoms with E-state index in [4.69, 9.17) is 0 Å². The summed E-state index contributed by atoms with van der Waals surface area (Å²) in [4.78, 5) is 16.3. The number of nitrogens with one attached hydrogen (secondary N) is 1. The largest absolute Gasteiger partial charge is 0.511 e. The summed E-state index contributed by atoms with van der Waals surface area (Å²) < 4.78 is 0. The summed E-state index contributed by atoms with van der Waals surface area (Å²) in [7, 11) is 1.42. The van der Waals surface area contributed by atoms with Crippen LogP contribution in [-0.2, 0) is 9.63 Å². The Bertz CT molecular complexity index is 381. The van der Waals surface area contributed by atoms with Crippen LogP contribution in [0.25, 0.3) is 0 Å². The monoisotopic (exact) mass is 224 g/mol. The van der Waals surface area contributed by atoms with Gasteiger partial charge in [-0.15, -0.1) is 0 Å². The van der Waals surface area contributed by atoms with E-state index in [2.05, 4.69) is 15.3 Å². The zero-order chi connectivity index (χ0) is 11.8. The highest BCUT2D eigenvalue weighted by molar-refractivity contribution is 6.21. The quantitative estimate of drug-likeness (QED) is 0.545. The van der Waals surface area contributed by atoms with E-state index in [1.54, 1.807) is 6.92 Å². The first-order valence-corrected chi connectivity index (χ1v) is 5.41. The SMILES string of the molecule is CON=C(C)C1=C(O)C2(CCC2)CNC1=O. The first-order chi connectivity index (χ1) is 7.60. The van der Waals surface area contributed by atoms with Gasteiger partial charge in [-0.2, -0.15) is 0 Å². The van der Waals surface area contributed by atoms with Gasteiger partial charge in [-0.25, -0.2) is 0 Å². The Morgan fingerprint density at radius 1 is 1.56 bits per heavy atom. The minimum Gasteiger partial charge on any atom is -0.511 e. The van der Waals surface area contributed by atoms with Crippen LogP contribution in [0.1, 0.15) is 26.2 Å². The summed E-state index contributed by atoms with van der Waals surface area (Å²) in [6.45, 7) is 2.19. The van der Waals surface area contributed by atoms with Gasteiger partial charge in [0.2, 0.25) is 0 Å². The van der Waals surface area contributed by atoms with Crippen molar-refractivity contribution in [2.75, 3.05) is 13.7 Å². The lowest BCUT2D eigenvalue weighted by atomic mass is 9.65.